The highest BCUT2D eigenvalue weighted by atomic mass is 16.7. The van der Waals surface area contributed by atoms with Crippen molar-refractivity contribution in [2.75, 3.05) is 13.2 Å². The molecule has 0 spiro atoms. The minimum atomic E-state index is -1.62. The van der Waals surface area contributed by atoms with Gasteiger partial charge in [-0.2, -0.15) is 0 Å². The van der Waals surface area contributed by atoms with E-state index in [0.29, 0.717) is 12.8 Å². The van der Waals surface area contributed by atoms with E-state index in [1.165, 1.54) is 173 Å². The minimum Gasteiger partial charge on any atom is -0.454 e. The number of hydrogen-bond acceptors (Lipinski definition) is 10. The van der Waals surface area contributed by atoms with Crippen LogP contribution >= 0.6 is 0 Å². The van der Waals surface area contributed by atoms with Gasteiger partial charge in [0.25, 0.3) is 0 Å². The van der Waals surface area contributed by atoms with Crippen molar-refractivity contribution in [1.29, 1.82) is 0 Å². The fourth-order valence-corrected chi connectivity index (χ4v) is 10.1. The number of unbranched alkanes of at least 4 members (excludes halogenated alkanes) is 34. The zero-order valence-corrected chi connectivity index (χ0v) is 51.0. The van der Waals surface area contributed by atoms with E-state index >= 15 is 0 Å². The van der Waals surface area contributed by atoms with Crippen LogP contribution in [-0.2, 0) is 23.8 Å². The van der Waals surface area contributed by atoms with Crippen LogP contribution in [0.2, 0.25) is 0 Å². The first-order valence-electron chi connectivity index (χ1n) is 33.1. The Morgan fingerprint density at radius 2 is 0.873 bits per heavy atom. The molecular formula is C68H123NO10. The molecule has 1 heterocycles. The molecule has 8 unspecified atom stereocenters. The van der Waals surface area contributed by atoms with E-state index in [-0.39, 0.29) is 19.4 Å². The molecule has 0 aromatic carbocycles. The van der Waals surface area contributed by atoms with E-state index < -0.39 is 67.4 Å². The predicted octanol–water partition coefficient (Wildman–Crippen LogP) is 16.2. The van der Waals surface area contributed by atoms with Crippen molar-refractivity contribution in [1.82, 2.24) is 5.32 Å². The normalized spacial score (nSPS) is 19.2. The summed E-state index contributed by atoms with van der Waals surface area (Å²) < 4.78 is 17.7. The summed E-state index contributed by atoms with van der Waals surface area (Å²) in [7, 11) is 0. The van der Waals surface area contributed by atoms with E-state index in [2.05, 4.69) is 74.7 Å². The first kappa shape index (κ1) is 74.4. The number of ether oxygens (including phenoxy) is 3. The average molecular weight is 1110 g/mol. The monoisotopic (exact) mass is 1110 g/mol. The summed E-state index contributed by atoms with van der Waals surface area (Å²) in [4.78, 5) is 26.6. The van der Waals surface area contributed by atoms with Crippen molar-refractivity contribution >= 4 is 11.9 Å². The third kappa shape index (κ3) is 43.7. The molecule has 0 aliphatic carbocycles. The van der Waals surface area contributed by atoms with Crippen LogP contribution in [0.4, 0.5) is 0 Å². The van der Waals surface area contributed by atoms with Gasteiger partial charge in [-0.1, -0.05) is 261 Å². The molecule has 0 aromatic rings. The molecule has 1 rings (SSSR count). The Balaban J connectivity index is 2.66. The van der Waals surface area contributed by atoms with Gasteiger partial charge in [0.1, 0.15) is 24.4 Å². The average Bonchev–Trinajstić information content (AvgIpc) is 3.49. The predicted molar refractivity (Wildman–Crippen MR) is 329 cm³/mol. The van der Waals surface area contributed by atoms with Gasteiger partial charge in [0.05, 0.1) is 25.4 Å². The van der Waals surface area contributed by atoms with Gasteiger partial charge in [0.15, 0.2) is 12.4 Å². The summed E-state index contributed by atoms with van der Waals surface area (Å²) in [5.74, 6) is -1.21. The Bertz CT molecular complexity index is 1510. The van der Waals surface area contributed by atoms with Crippen molar-refractivity contribution in [2.45, 2.75) is 346 Å². The van der Waals surface area contributed by atoms with Crippen LogP contribution in [0.15, 0.2) is 60.8 Å². The van der Waals surface area contributed by atoms with E-state index in [1.807, 2.05) is 6.08 Å². The third-order valence-corrected chi connectivity index (χ3v) is 15.4. The number of carbonyl (C=O) groups excluding carboxylic acids is 2. The zero-order valence-electron chi connectivity index (χ0n) is 51.0. The Kier molecular flexibility index (Phi) is 52.6. The number of nitrogens with one attached hydrogen (secondary N) is 1. The van der Waals surface area contributed by atoms with Crippen LogP contribution in [0.1, 0.15) is 297 Å². The number of rotatable bonds is 56. The number of hydrogen-bond donors (Lipinski definition) is 6. The van der Waals surface area contributed by atoms with Crippen LogP contribution in [0.3, 0.4) is 0 Å². The summed E-state index contributed by atoms with van der Waals surface area (Å²) in [6.07, 6.45) is 59.7. The van der Waals surface area contributed by atoms with Gasteiger partial charge in [-0.15, -0.1) is 0 Å². The Morgan fingerprint density at radius 1 is 0.494 bits per heavy atom. The maximum Gasteiger partial charge on any atom is 0.306 e. The molecule has 11 heteroatoms. The second kappa shape index (κ2) is 55.9. The van der Waals surface area contributed by atoms with Crippen LogP contribution in [0, 0.1) is 0 Å². The summed E-state index contributed by atoms with van der Waals surface area (Å²) in [6, 6.07) is -1.04. The summed E-state index contributed by atoms with van der Waals surface area (Å²) >= 11 is 0. The molecule has 11 nitrogen and oxygen atoms in total. The lowest BCUT2D eigenvalue weighted by atomic mass is 9.99. The molecule has 1 amide bonds. The fourth-order valence-electron chi connectivity index (χ4n) is 10.1. The van der Waals surface area contributed by atoms with Crippen molar-refractivity contribution in [3.8, 4) is 0 Å². The standard InChI is InChI=1S/C68H123NO10/c1-4-7-10-13-16-19-22-25-27-29-30-31-32-33-35-38-41-44-47-50-53-56-63(73)79-66-65(75)64(74)62(57-70)78-68(66)77-58-59(60(71)54-51-48-45-42-39-36-24-21-18-15-12-9-6-3)69-67(76)61(72)55-52-49-46-43-40-37-34-28-26-23-20-17-14-11-8-5-2/h17,20,25-28,37,40,51,54,59-62,64-66,68,70-72,74-75H,4-16,18-19,21-24,29-36,38-39,41-50,52-53,55-58H2,1-3H3,(H,69,76)/b20-17-,27-25+,28-26-,40-37-,54-51+. The quantitative estimate of drug-likeness (QED) is 0.0195. The van der Waals surface area contributed by atoms with Gasteiger partial charge in [-0.05, 0) is 89.9 Å². The largest absolute Gasteiger partial charge is 0.454 e. The molecule has 0 saturated carbocycles. The van der Waals surface area contributed by atoms with Gasteiger partial charge in [0, 0.05) is 6.42 Å². The molecule has 0 radical (unpaired) electrons. The van der Waals surface area contributed by atoms with Crippen molar-refractivity contribution in [3.63, 3.8) is 0 Å². The van der Waals surface area contributed by atoms with Crippen molar-refractivity contribution < 1.29 is 49.3 Å². The molecule has 1 fully saturated rings. The lowest BCUT2D eigenvalue weighted by molar-refractivity contribution is -0.305. The minimum absolute atomic E-state index is 0.120. The molecule has 1 aliphatic heterocycles. The first-order chi connectivity index (χ1) is 38.7. The van der Waals surface area contributed by atoms with Gasteiger partial charge in [-0.3, -0.25) is 9.59 Å². The van der Waals surface area contributed by atoms with Gasteiger partial charge >= 0.3 is 5.97 Å². The van der Waals surface area contributed by atoms with Crippen LogP contribution < -0.4 is 5.32 Å². The number of carbonyl (C=O) groups is 2. The third-order valence-electron chi connectivity index (χ3n) is 15.4. The van der Waals surface area contributed by atoms with Crippen molar-refractivity contribution in [2.24, 2.45) is 0 Å². The van der Waals surface area contributed by atoms with E-state index in [4.69, 9.17) is 14.2 Å². The molecule has 79 heavy (non-hydrogen) atoms. The zero-order chi connectivity index (χ0) is 57.5. The van der Waals surface area contributed by atoms with Gasteiger partial charge in [-0.25, -0.2) is 0 Å². The highest BCUT2D eigenvalue weighted by molar-refractivity contribution is 5.80. The summed E-state index contributed by atoms with van der Waals surface area (Å²) in [5.41, 5.74) is 0. The Hall–Kier alpha value is -2.64. The molecule has 0 bridgehead atoms. The maximum atomic E-state index is 13.4. The topological polar surface area (TPSA) is 175 Å². The number of amides is 1. The van der Waals surface area contributed by atoms with Crippen LogP contribution in [0.5, 0.6) is 0 Å². The highest BCUT2D eigenvalue weighted by Gasteiger charge is 2.47. The summed E-state index contributed by atoms with van der Waals surface area (Å²) in [5, 5.41) is 57.1. The first-order valence-corrected chi connectivity index (χ1v) is 33.1. The molecule has 460 valence electrons. The highest BCUT2D eigenvalue weighted by Crippen LogP contribution is 2.26. The maximum absolute atomic E-state index is 13.4. The van der Waals surface area contributed by atoms with Crippen molar-refractivity contribution in [3.05, 3.63) is 60.8 Å². The van der Waals surface area contributed by atoms with Crippen LogP contribution in [0.25, 0.3) is 0 Å². The van der Waals surface area contributed by atoms with Gasteiger partial charge in [0.2, 0.25) is 5.91 Å². The smallest absolute Gasteiger partial charge is 0.306 e. The second-order valence-electron chi connectivity index (χ2n) is 22.8. The molecule has 8 atom stereocenters. The lowest BCUT2D eigenvalue weighted by Crippen LogP contribution is -2.61. The number of esters is 1. The molecule has 0 aromatic heterocycles. The van der Waals surface area contributed by atoms with E-state index in [9.17, 15) is 35.1 Å². The number of allylic oxidation sites excluding steroid dienone is 9. The van der Waals surface area contributed by atoms with Gasteiger partial charge < -0.3 is 45.1 Å². The number of aliphatic hydroxyl groups excluding tert-OH is 5. The Labute approximate surface area is 484 Å². The second-order valence-corrected chi connectivity index (χ2v) is 22.8. The Morgan fingerprint density at radius 3 is 1.34 bits per heavy atom. The van der Waals surface area contributed by atoms with Crippen LogP contribution in [-0.4, -0.2) is 99.6 Å². The molecular weight excluding hydrogens is 991 g/mol. The summed E-state index contributed by atoms with van der Waals surface area (Å²) in [6.45, 7) is 5.77. The molecule has 1 saturated heterocycles. The van der Waals surface area contributed by atoms with E-state index in [0.717, 1.165) is 77.0 Å². The number of aliphatic hydroxyl groups is 5. The SMILES string of the molecule is CCCCC/C=C\C/C=C\C/C=C\CCCCCC(O)C(=O)NC(COC1OC(CO)C(O)C(O)C1OC(=O)CCCCCCCCCCCCC/C=C/CCCCCCCC)C(O)/C=C/CCCCCCCCCCCCC. The fraction of sp³-hybridized carbons (Fsp3) is 0.824. The van der Waals surface area contributed by atoms with E-state index in [1.54, 1.807) is 6.08 Å². The molecule has 6 N–H and O–H groups in total. The molecule has 1 aliphatic rings. The lowest BCUT2D eigenvalue weighted by Gasteiger charge is -2.41.